The standard InChI is InChI=1S/C15H17NO5/c17-14(9-21-15(18)10-2-1-3-10)16-11-4-5-12-13(8-11)20-7-6-19-12/h4-5,8,10H,1-3,6-7,9H2,(H,16,17). The summed E-state index contributed by atoms with van der Waals surface area (Å²) in [6, 6.07) is 5.16. The Morgan fingerprint density at radius 3 is 2.67 bits per heavy atom. The van der Waals surface area contributed by atoms with Crippen molar-refractivity contribution in [2.45, 2.75) is 19.3 Å². The number of hydrogen-bond donors (Lipinski definition) is 1. The van der Waals surface area contributed by atoms with E-state index < -0.39 is 0 Å². The van der Waals surface area contributed by atoms with E-state index in [1.54, 1.807) is 18.2 Å². The Labute approximate surface area is 122 Å². The topological polar surface area (TPSA) is 73.9 Å². The van der Waals surface area contributed by atoms with Crippen molar-refractivity contribution in [1.29, 1.82) is 0 Å². The number of hydrogen-bond acceptors (Lipinski definition) is 5. The maximum absolute atomic E-state index is 11.8. The van der Waals surface area contributed by atoms with E-state index in [9.17, 15) is 9.59 Å². The van der Waals surface area contributed by atoms with E-state index in [-0.39, 0.29) is 24.4 Å². The number of carbonyl (C=O) groups is 2. The predicted octanol–water partition coefficient (Wildman–Crippen LogP) is 1.74. The largest absolute Gasteiger partial charge is 0.486 e. The van der Waals surface area contributed by atoms with E-state index in [1.165, 1.54) is 0 Å². The van der Waals surface area contributed by atoms with E-state index >= 15 is 0 Å². The number of ether oxygens (including phenoxy) is 3. The lowest BCUT2D eigenvalue weighted by Crippen LogP contribution is -2.28. The minimum absolute atomic E-state index is 0.0212. The highest BCUT2D eigenvalue weighted by Crippen LogP contribution is 2.32. The third-order valence-corrected chi connectivity index (χ3v) is 3.61. The zero-order valence-electron chi connectivity index (χ0n) is 11.6. The molecule has 1 fully saturated rings. The molecular formula is C15H17NO5. The fourth-order valence-electron chi connectivity index (χ4n) is 2.22. The van der Waals surface area contributed by atoms with Crippen molar-refractivity contribution in [1.82, 2.24) is 0 Å². The van der Waals surface area contributed by atoms with Gasteiger partial charge in [0.1, 0.15) is 13.2 Å². The van der Waals surface area contributed by atoms with E-state index in [0.29, 0.717) is 30.4 Å². The van der Waals surface area contributed by atoms with Gasteiger partial charge in [-0.05, 0) is 25.0 Å². The minimum atomic E-state index is -0.362. The summed E-state index contributed by atoms with van der Waals surface area (Å²) < 4.78 is 15.8. The highest BCUT2D eigenvalue weighted by Gasteiger charge is 2.27. The smallest absolute Gasteiger partial charge is 0.309 e. The highest BCUT2D eigenvalue weighted by atomic mass is 16.6. The van der Waals surface area contributed by atoms with Gasteiger partial charge in [0.2, 0.25) is 0 Å². The van der Waals surface area contributed by atoms with E-state index in [4.69, 9.17) is 14.2 Å². The van der Waals surface area contributed by atoms with Crippen LogP contribution >= 0.6 is 0 Å². The van der Waals surface area contributed by atoms with Crippen molar-refractivity contribution >= 4 is 17.6 Å². The summed E-state index contributed by atoms with van der Waals surface area (Å²) in [5.41, 5.74) is 0.587. The summed E-state index contributed by atoms with van der Waals surface area (Å²) in [4.78, 5) is 23.3. The normalized spacial score (nSPS) is 16.8. The number of rotatable bonds is 4. The zero-order valence-corrected chi connectivity index (χ0v) is 11.6. The number of carbonyl (C=O) groups excluding carboxylic acids is 2. The second-order valence-electron chi connectivity index (χ2n) is 5.14. The van der Waals surface area contributed by atoms with Gasteiger partial charge < -0.3 is 19.5 Å². The molecule has 1 aliphatic heterocycles. The number of amides is 1. The summed E-state index contributed by atoms with van der Waals surface area (Å²) in [6.45, 7) is 0.753. The lowest BCUT2D eigenvalue weighted by atomic mass is 9.86. The third-order valence-electron chi connectivity index (χ3n) is 3.61. The summed E-state index contributed by atoms with van der Waals surface area (Å²) in [7, 11) is 0. The molecule has 0 aromatic heterocycles. The fraction of sp³-hybridized carbons (Fsp3) is 0.467. The molecule has 1 heterocycles. The van der Waals surface area contributed by atoms with Crippen LogP contribution in [0.25, 0.3) is 0 Å². The maximum atomic E-state index is 11.8. The van der Waals surface area contributed by atoms with E-state index in [1.807, 2.05) is 0 Å². The van der Waals surface area contributed by atoms with Gasteiger partial charge in [0, 0.05) is 11.8 Å². The van der Waals surface area contributed by atoms with E-state index in [2.05, 4.69) is 5.32 Å². The molecule has 1 aromatic rings. The van der Waals surface area contributed by atoms with Crippen molar-refractivity contribution in [3.05, 3.63) is 18.2 Å². The van der Waals surface area contributed by atoms with Crippen LogP contribution in [0.4, 0.5) is 5.69 Å². The van der Waals surface area contributed by atoms with Gasteiger partial charge in [-0.1, -0.05) is 6.42 Å². The predicted molar refractivity (Wildman–Crippen MR) is 74.4 cm³/mol. The number of fused-ring (bicyclic) bond motifs is 1. The van der Waals surface area contributed by atoms with Crippen LogP contribution in [0.2, 0.25) is 0 Å². The second-order valence-corrected chi connectivity index (χ2v) is 5.14. The zero-order chi connectivity index (χ0) is 14.7. The van der Waals surface area contributed by atoms with Gasteiger partial charge >= 0.3 is 5.97 Å². The number of nitrogens with one attached hydrogen (secondary N) is 1. The lowest BCUT2D eigenvalue weighted by molar-refractivity contribution is -0.154. The Morgan fingerprint density at radius 2 is 1.95 bits per heavy atom. The first-order valence-corrected chi connectivity index (χ1v) is 7.08. The molecule has 1 aliphatic carbocycles. The molecule has 0 saturated heterocycles. The van der Waals surface area contributed by atoms with Gasteiger partial charge in [-0.3, -0.25) is 9.59 Å². The third kappa shape index (κ3) is 3.26. The molecular weight excluding hydrogens is 274 g/mol. The van der Waals surface area contributed by atoms with Gasteiger partial charge in [-0.15, -0.1) is 0 Å². The average molecular weight is 291 g/mol. The van der Waals surface area contributed by atoms with Gasteiger partial charge in [0.05, 0.1) is 5.92 Å². The quantitative estimate of drug-likeness (QED) is 0.855. The highest BCUT2D eigenvalue weighted by molar-refractivity contribution is 5.93. The van der Waals surface area contributed by atoms with E-state index in [0.717, 1.165) is 19.3 Å². The molecule has 6 heteroatoms. The van der Waals surface area contributed by atoms with Gasteiger partial charge in [0.15, 0.2) is 18.1 Å². The van der Waals surface area contributed by atoms with Gasteiger partial charge in [0.25, 0.3) is 5.91 Å². The second kappa shape index (κ2) is 6.03. The van der Waals surface area contributed by atoms with Gasteiger partial charge in [-0.25, -0.2) is 0 Å². The molecule has 1 saturated carbocycles. The van der Waals surface area contributed by atoms with Crippen LogP contribution in [0.1, 0.15) is 19.3 Å². The van der Waals surface area contributed by atoms with Crippen LogP contribution < -0.4 is 14.8 Å². The summed E-state index contributed by atoms with van der Waals surface area (Å²) in [6.07, 6.45) is 2.79. The molecule has 1 N–H and O–H groups in total. The molecule has 2 aliphatic rings. The molecule has 1 amide bonds. The molecule has 0 spiro atoms. The first-order valence-electron chi connectivity index (χ1n) is 7.08. The molecule has 3 rings (SSSR count). The lowest BCUT2D eigenvalue weighted by Gasteiger charge is -2.22. The summed E-state index contributed by atoms with van der Waals surface area (Å²) in [5.74, 6) is 0.603. The molecule has 21 heavy (non-hydrogen) atoms. The first-order chi connectivity index (χ1) is 10.2. The van der Waals surface area contributed by atoms with Crippen LogP contribution in [-0.2, 0) is 14.3 Å². The molecule has 6 nitrogen and oxygen atoms in total. The molecule has 1 aromatic carbocycles. The Balaban J connectivity index is 1.51. The molecule has 0 bridgehead atoms. The maximum Gasteiger partial charge on any atom is 0.309 e. The monoisotopic (exact) mass is 291 g/mol. The minimum Gasteiger partial charge on any atom is -0.486 e. The SMILES string of the molecule is O=C(COC(=O)C1CCC1)Nc1ccc2c(c1)OCCO2. The first kappa shape index (κ1) is 13.7. The average Bonchev–Trinajstić information content (AvgIpc) is 2.43. The number of benzene rings is 1. The molecule has 0 atom stereocenters. The Kier molecular flexibility index (Phi) is 3.94. The van der Waals surface area contributed by atoms with Gasteiger partial charge in [-0.2, -0.15) is 0 Å². The number of esters is 1. The Hall–Kier alpha value is -2.24. The van der Waals surface area contributed by atoms with Crippen molar-refractivity contribution in [3.63, 3.8) is 0 Å². The Morgan fingerprint density at radius 1 is 1.19 bits per heavy atom. The van der Waals surface area contributed by atoms with Crippen molar-refractivity contribution in [2.24, 2.45) is 5.92 Å². The fourth-order valence-corrected chi connectivity index (χ4v) is 2.22. The van der Waals surface area contributed by atoms with Crippen LogP contribution in [0.15, 0.2) is 18.2 Å². The van der Waals surface area contributed by atoms with Crippen LogP contribution in [0, 0.1) is 5.92 Å². The van der Waals surface area contributed by atoms with Crippen molar-refractivity contribution < 1.29 is 23.8 Å². The van der Waals surface area contributed by atoms with Crippen LogP contribution in [-0.4, -0.2) is 31.7 Å². The molecule has 0 radical (unpaired) electrons. The molecule has 0 unspecified atom stereocenters. The number of anilines is 1. The van der Waals surface area contributed by atoms with Crippen molar-refractivity contribution in [3.8, 4) is 11.5 Å². The molecule has 112 valence electrons. The van der Waals surface area contributed by atoms with Crippen molar-refractivity contribution in [2.75, 3.05) is 25.1 Å². The van der Waals surface area contributed by atoms with Crippen LogP contribution in [0.5, 0.6) is 11.5 Å². The van der Waals surface area contributed by atoms with Crippen LogP contribution in [0.3, 0.4) is 0 Å². The Bertz CT molecular complexity index is 553. The summed E-state index contributed by atoms with van der Waals surface area (Å²) >= 11 is 0. The summed E-state index contributed by atoms with van der Waals surface area (Å²) in [5, 5.41) is 2.67.